The first-order chi connectivity index (χ1) is 15.5. The van der Waals surface area contributed by atoms with E-state index in [1.54, 1.807) is 0 Å². The van der Waals surface area contributed by atoms with E-state index in [1.807, 2.05) is 13.8 Å². The lowest BCUT2D eigenvalue weighted by Crippen LogP contribution is -2.43. The Bertz CT molecular complexity index is 767. The van der Waals surface area contributed by atoms with Gasteiger partial charge in [-0.05, 0) is 68.7 Å². The number of fused-ring (bicyclic) bond motifs is 1. The Hall–Kier alpha value is -1.40. The second kappa shape index (κ2) is 10.9. The highest BCUT2D eigenvalue weighted by Crippen LogP contribution is 2.45. The van der Waals surface area contributed by atoms with Crippen molar-refractivity contribution >= 4 is 20.3 Å². The number of cyclic esters (lactones) is 1. The maximum atomic E-state index is 12.7. The first-order valence-electron chi connectivity index (χ1n) is 12.9. The number of rotatable bonds is 8. The summed E-state index contributed by atoms with van der Waals surface area (Å²) in [5.41, 5.74) is 1.30. The monoisotopic (exact) mass is 476 g/mol. The summed E-state index contributed by atoms with van der Waals surface area (Å²) in [7, 11) is -1.71. The second-order valence-corrected chi connectivity index (χ2v) is 16.0. The number of hydrogen-bond donors (Lipinski definition) is 0. The molecule has 0 N–H and O–H groups in total. The van der Waals surface area contributed by atoms with Crippen LogP contribution in [0.2, 0.25) is 19.6 Å². The molecule has 1 heterocycles. The number of ether oxygens (including phenoxy) is 2. The molecule has 0 bridgehead atoms. The van der Waals surface area contributed by atoms with E-state index in [4.69, 9.17) is 13.9 Å². The van der Waals surface area contributed by atoms with Crippen molar-refractivity contribution in [2.75, 3.05) is 0 Å². The van der Waals surface area contributed by atoms with Gasteiger partial charge in [0.15, 0.2) is 8.32 Å². The summed E-state index contributed by atoms with van der Waals surface area (Å²) in [6, 6.07) is 0. The van der Waals surface area contributed by atoms with Crippen LogP contribution >= 0.6 is 0 Å². The largest absolute Gasteiger partial charge is 0.462 e. The molecule has 1 aliphatic heterocycles. The topological polar surface area (TPSA) is 61.8 Å². The molecule has 0 aromatic rings. The Morgan fingerprint density at radius 1 is 1.21 bits per heavy atom. The Kier molecular flexibility index (Phi) is 8.65. The molecule has 1 fully saturated rings. The highest BCUT2D eigenvalue weighted by atomic mass is 28.4. The number of carbonyl (C=O) groups excluding carboxylic acids is 2. The van der Waals surface area contributed by atoms with Gasteiger partial charge in [0.25, 0.3) is 0 Å². The normalized spacial score (nSPS) is 35.3. The summed E-state index contributed by atoms with van der Waals surface area (Å²) in [6.07, 6.45) is 11.3. The number of esters is 2. The lowest BCUT2D eigenvalue weighted by Gasteiger charge is -2.43. The van der Waals surface area contributed by atoms with E-state index in [9.17, 15) is 9.59 Å². The van der Waals surface area contributed by atoms with Gasteiger partial charge in [-0.1, -0.05) is 45.9 Å². The van der Waals surface area contributed by atoms with Gasteiger partial charge >= 0.3 is 11.9 Å². The quantitative estimate of drug-likeness (QED) is 0.315. The van der Waals surface area contributed by atoms with Crippen LogP contribution in [0.4, 0.5) is 0 Å². The Morgan fingerprint density at radius 3 is 2.61 bits per heavy atom. The van der Waals surface area contributed by atoms with Crippen LogP contribution in [0.5, 0.6) is 0 Å². The van der Waals surface area contributed by atoms with Gasteiger partial charge in [0.05, 0.1) is 18.4 Å². The van der Waals surface area contributed by atoms with Crippen LogP contribution in [0, 0.1) is 29.6 Å². The molecule has 3 rings (SSSR count). The van der Waals surface area contributed by atoms with Crippen LogP contribution in [-0.2, 0) is 23.5 Å². The third-order valence-electron chi connectivity index (χ3n) is 7.44. The van der Waals surface area contributed by atoms with Crippen molar-refractivity contribution in [1.29, 1.82) is 0 Å². The zero-order valence-corrected chi connectivity index (χ0v) is 22.6. The fraction of sp³-hybridized carbons (Fsp3) is 0.778. The highest BCUT2D eigenvalue weighted by molar-refractivity contribution is 6.69. The van der Waals surface area contributed by atoms with Gasteiger partial charge < -0.3 is 13.9 Å². The minimum Gasteiger partial charge on any atom is -0.462 e. The third-order valence-corrected chi connectivity index (χ3v) is 8.48. The average Bonchev–Trinajstić information content (AvgIpc) is 2.70. The van der Waals surface area contributed by atoms with E-state index in [0.717, 1.165) is 32.1 Å². The number of allylic oxidation sites excluding steroid dienone is 3. The number of hydrogen-bond acceptors (Lipinski definition) is 5. The van der Waals surface area contributed by atoms with E-state index < -0.39 is 8.32 Å². The molecule has 1 saturated heterocycles. The fourth-order valence-electron chi connectivity index (χ4n) is 5.64. The molecule has 0 amide bonds. The molecule has 8 atom stereocenters. The third kappa shape index (κ3) is 7.04. The van der Waals surface area contributed by atoms with Gasteiger partial charge in [-0.3, -0.25) is 9.59 Å². The molecule has 8 unspecified atom stereocenters. The molecule has 0 radical (unpaired) electrons. The predicted molar refractivity (Wildman–Crippen MR) is 133 cm³/mol. The summed E-state index contributed by atoms with van der Waals surface area (Å²) in [5, 5.41) is 0. The molecule has 5 nitrogen and oxygen atoms in total. The lowest BCUT2D eigenvalue weighted by molar-refractivity contribution is -0.162. The van der Waals surface area contributed by atoms with E-state index in [1.165, 1.54) is 5.57 Å². The molecule has 0 aromatic carbocycles. The van der Waals surface area contributed by atoms with Crippen LogP contribution in [-0.4, -0.2) is 38.6 Å². The molecule has 0 spiro atoms. The molecule has 3 aliphatic rings. The van der Waals surface area contributed by atoms with Crippen molar-refractivity contribution < 1.29 is 23.5 Å². The predicted octanol–water partition coefficient (Wildman–Crippen LogP) is 6.05. The van der Waals surface area contributed by atoms with Crippen molar-refractivity contribution in [2.45, 2.75) is 104 Å². The van der Waals surface area contributed by atoms with Crippen LogP contribution in [0.15, 0.2) is 23.8 Å². The summed E-state index contributed by atoms with van der Waals surface area (Å²) < 4.78 is 18.1. The van der Waals surface area contributed by atoms with Crippen molar-refractivity contribution in [2.24, 2.45) is 29.6 Å². The molecule has 2 aliphatic carbocycles. The second-order valence-electron chi connectivity index (χ2n) is 11.6. The van der Waals surface area contributed by atoms with E-state index >= 15 is 0 Å². The first-order valence-corrected chi connectivity index (χ1v) is 16.3. The SMILES string of the molecule is CCC(C)C(=O)OC1CC(C)C=C2C=CC(C)C(CCC3CC(O[Si](C)(C)C)CC(=O)O3)C21. The Balaban J connectivity index is 1.71. The van der Waals surface area contributed by atoms with E-state index in [0.29, 0.717) is 24.2 Å². The maximum Gasteiger partial charge on any atom is 0.308 e. The van der Waals surface area contributed by atoms with Crippen molar-refractivity contribution in [1.82, 2.24) is 0 Å². The maximum absolute atomic E-state index is 12.7. The molecule has 186 valence electrons. The van der Waals surface area contributed by atoms with E-state index in [2.05, 4.69) is 51.7 Å². The fourth-order valence-corrected chi connectivity index (χ4v) is 6.82. The Morgan fingerprint density at radius 2 is 1.94 bits per heavy atom. The minimum atomic E-state index is -1.71. The van der Waals surface area contributed by atoms with Crippen molar-refractivity contribution in [3.05, 3.63) is 23.8 Å². The van der Waals surface area contributed by atoms with Crippen LogP contribution in [0.1, 0.15) is 66.2 Å². The van der Waals surface area contributed by atoms with Gasteiger partial charge in [-0.2, -0.15) is 0 Å². The van der Waals surface area contributed by atoms with Gasteiger partial charge in [-0.25, -0.2) is 0 Å². The lowest BCUT2D eigenvalue weighted by atomic mass is 9.65. The molecular weight excluding hydrogens is 432 g/mol. The summed E-state index contributed by atoms with van der Waals surface area (Å²) in [4.78, 5) is 24.9. The summed E-state index contributed by atoms with van der Waals surface area (Å²) >= 11 is 0. The van der Waals surface area contributed by atoms with Crippen LogP contribution in [0.3, 0.4) is 0 Å². The van der Waals surface area contributed by atoms with Gasteiger partial charge in [0.1, 0.15) is 12.2 Å². The minimum absolute atomic E-state index is 0.0261. The first kappa shape index (κ1) is 26.2. The van der Waals surface area contributed by atoms with Gasteiger partial charge in [0.2, 0.25) is 0 Å². The van der Waals surface area contributed by atoms with Gasteiger partial charge in [0, 0.05) is 12.3 Å². The zero-order chi connectivity index (χ0) is 24.3. The molecule has 33 heavy (non-hydrogen) atoms. The average molecular weight is 477 g/mol. The molecule has 0 saturated carbocycles. The van der Waals surface area contributed by atoms with E-state index in [-0.39, 0.29) is 42.1 Å². The zero-order valence-electron chi connectivity index (χ0n) is 21.6. The smallest absolute Gasteiger partial charge is 0.308 e. The molecular formula is C27H44O5Si. The Labute approximate surface area is 201 Å². The molecule has 6 heteroatoms. The summed E-state index contributed by atoms with van der Waals surface area (Å²) in [6.45, 7) is 14.9. The molecule has 0 aromatic heterocycles. The van der Waals surface area contributed by atoms with Crippen LogP contribution in [0.25, 0.3) is 0 Å². The van der Waals surface area contributed by atoms with Crippen molar-refractivity contribution in [3.8, 4) is 0 Å². The highest BCUT2D eigenvalue weighted by Gasteiger charge is 2.42. The summed E-state index contributed by atoms with van der Waals surface area (Å²) in [5.74, 6) is 1.06. The van der Waals surface area contributed by atoms with Crippen molar-refractivity contribution in [3.63, 3.8) is 0 Å². The number of carbonyl (C=O) groups is 2. The van der Waals surface area contributed by atoms with Crippen LogP contribution < -0.4 is 0 Å². The standard InChI is InChI=1S/C27H44O5Si/c1-8-18(3)27(29)31-24-14-17(2)13-20-10-9-19(4)23(26(20)24)12-11-21-15-22(16-25(28)30-21)32-33(5,6)7/h9-10,13,17-19,21-24,26H,8,11-12,14-16H2,1-7H3. The van der Waals surface area contributed by atoms with Gasteiger partial charge in [-0.15, -0.1) is 0 Å².